The Kier molecular flexibility index (Phi) is 4.69. The summed E-state index contributed by atoms with van der Waals surface area (Å²) in [5, 5.41) is 7.03. The second-order valence-corrected chi connectivity index (χ2v) is 3.97. The average molecular weight is 318 g/mol. The minimum atomic E-state index is -4.81. The molecule has 0 saturated heterocycles. The maximum Gasteiger partial charge on any atom is 0.417 e. The number of rotatable bonds is 5. The summed E-state index contributed by atoms with van der Waals surface area (Å²) in [4.78, 5) is 0. The summed E-state index contributed by atoms with van der Waals surface area (Å²) in [6.45, 7) is -1.71. The minimum absolute atomic E-state index is 0.465. The fraction of sp³-hybridized carbons (Fsp3) is 0.364. The van der Waals surface area contributed by atoms with Crippen molar-refractivity contribution >= 4 is 5.84 Å². The molecule has 0 aliphatic rings. The van der Waals surface area contributed by atoms with E-state index in [0.29, 0.717) is 18.2 Å². The van der Waals surface area contributed by atoms with Gasteiger partial charge in [-0.05, 0) is 18.2 Å². The van der Waals surface area contributed by atoms with Crippen LogP contribution in [-0.4, -0.2) is 24.8 Å². The number of nitrogens with two attached hydrogens (primary N) is 1. The van der Waals surface area contributed by atoms with Crippen molar-refractivity contribution in [3.05, 3.63) is 29.3 Å². The molecule has 0 fully saturated rings. The fourth-order valence-electron chi connectivity index (χ4n) is 1.33. The number of amidine groups is 1. The summed E-state index contributed by atoms with van der Waals surface area (Å²) >= 11 is 0. The van der Waals surface area contributed by atoms with Gasteiger partial charge in [0.2, 0.25) is 0 Å². The van der Waals surface area contributed by atoms with Crippen molar-refractivity contribution in [3.8, 4) is 5.75 Å². The molecule has 0 unspecified atom stereocenters. The van der Waals surface area contributed by atoms with Gasteiger partial charge in [-0.1, -0.05) is 0 Å². The van der Waals surface area contributed by atoms with Crippen LogP contribution in [0.15, 0.2) is 18.2 Å². The van der Waals surface area contributed by atoms with E-state index in [0.717, 1.165) is 0 Å². The van der Waals surface area contributed by atoms with Crippen molar-refractivity contribution in [2.24, 2.45) is 5.73 Å². The molecule has 1 aromatic carbocycles. The molecule has 0 amide bonds. The van der Waals surface area contributed by atoms with Crippen LogP contribution in [0, 0.1) is 5.41 Å². The topological polar surface area (TPSA) is 59.1 Å². The first kappa shape index (κ1) is 17.1. The Bertz CT molecular complexity index is 528. The number of nitrogen functional groups attached to an aromatic ring is 1. The van der Waals surface area contributed by atoms with Crippen molar-refractivity contribution in [2.45, 2.75) is 18.5 Å². The number of alkyl halides is 7. The third-order valence-corrected chi connectivity index (χ3v) is 2.34. The summed E-state index contributed by atoms with van der Waals surface area (Å²) in [6.07, 6.45) is -8.79. The molecule has 0 aliphatic heterocycles. The van der Waals surface area contributed by atoms with Gasteiger partial charge in [0, 0.05) is 5.56 Å². The van der Waals surface area contributed by atoms with Crippen molar-refractivity contribution < 1.29 is 35.5 Å². The van der Waals surface area contributed by atoms with Crippen LogP contribution in [0.25, 0.3) is 0 Å². The Morgan fingerprint density at radius 2 is 1.76 bits per heavy atom. The van der Waals surface area contributed by atoms with Crippen LogP contribution in [0.2, 0.25) is 0 Å². The molecule has 3 nitrogen and oxygen atoms in total. The van der Waals surface area contributed by atoms with Crippen LogP contribution in [0.4, 0.5) is 30.7 Å². The number of benzene rings is 1. The van der Waals surface area contributed by atoms with E-state index in [9.17, 15) is 30.7 Å². The van der Waals surface area contributed by atoms with E-state index in [-0.39, 0.29) is 0 Å². The Morgan fingerprint density at radius 1 is 1.19 bits per heavy atom. The van der Waals surface area contributed by atoms with Gasteiger partial charge in [0.1, 0.15) is 11.6 Å². The van der Waals surface area contributed by atoms with Crippen molar-refractivity contribution in [3.63, 3.8) is 0 Å². The summed E-state index contributed by atoms with van der Waals surface area (Å²) in [5.41, 5.74) is 2.92. The lowest BCUT2D eigenvalue weighted by molar-refractivity contribution is -0.148. The van der Waals surface area contributed by atoms with Crippen LogP contribution >= 0.6 is 0 Å². The molecular weight excluding hydrogens is 309 g/mol. The van der Waals surface area contributed by atoms with Crippen molar-refractivity contribution in [1.29, 1.82) is 5.41 Å². The van der Waals surface area contributed by atoms with Crippen molar-refractivity contribution in [2.75, 3.05) is 6.61 Å². The first-order valence-corrected chi connectivity index (χ1v) is 5.29. The second kappa shape index (κ2) is 5.78. The third-order valence-electron chi connectivity index (χ3n) is 2.34. The van der Waals surface area contributed by atoms with Gasteiger partial charge in [-0.25, -0.2) is 8.78 Å². The van der Waals surface area contributed by atoms with Crippen LogP contribution in [0.5, 0.6) is 5.75 Å². The van der Waals surface area contributed by atoms with Gasteiger partial charge in [-0.3, -0.25) is 5.41 Å². The fourth-order valence-corrected chi connectivity index (χ4v) is 1.33. The maximum atomic E-state index is 12.6. The summed E-state index contributed by atoms with van der Waals surface area (Å²) in [6, 6.07) is 1.73. The summed E-state index contributed by atoms with van der Waals surface area (Å²) in [7, 11) is 0. The first-order chi connectivity index (χ1) is 9.45. The van der Waals surface area contributed by atoms with Crippen LogP contribution in [0.1, 0.15) is 11.1 Å². The maximum absolute atomic E-state index is 12.6. The van der Waals surface area contributed by atoms with E-state index in [1.165, 1.54) is 0 Å². The Hall–Kier alpha value is -2.00. The lowest BCUT2D eigenvalue weighted by Crippen LogP contribution is -2.33. The normalized spacial score (nSPS) is 12.6. The van der Waals surface area contributed by atoms with E-state index in [1.54, 1.807) is 0 Å². The highest BCUT2D eigenvalue weighted by atomic mass is 19.4. The van der Waals surface area contributed by atoms with Gasteiger partial charge in [0.15, 0.2) is 6.61 Å². The molecule has 10 heteroatoms. The average Bonchev–Trinajstić information content (AvgIpc) is 2.34. The molecule has 0 heterocycles. The molecule has 0 radical (unpaired) electrons. The molecule has 0 aliphatic carbocycles. The standard InChI is InChI=1S/C11H9F7N2O/c12-9(13)10(14,15)4-21-5-1-2-7(11(16,17)18)6(3-5)8(19)20/h1-3,9H,4H2,(H3,19,20). The van der Waals surface area contributed by atoms with Crippen LogP contribution in [0.3, 0.4) is 0 Å². The molecular formula is C11H9F7N2O. The Balaban J connectivity index is 3.03. The Morgan fingerprint density at radius 3 is 2.19 bits per heavy atom. The number of halogens is 7. The molecule has 0 saturated carbocycles. The van der Waals surface area contributed by atoms with E-state index < -0.39 is 47.8 Å². The van der Waals surface area contributed by atoms with Gasteiger partial charge in [0.25, 0.3) is 0 Å². The number of hydrogen-bond donors (Lipinski definition) is 2. The van der Waals surface area contributed by atoms with Crippen molar-refractivity contribution in [1.82, 2.24) is 0 Å². The predicted molar refractivity (Wildman–Crippen MR) is 58.9 cm³/mol. The largest absolute Gasteiger partial charge is 0.487 e. The van der Waals surface area contributed by atoms with Crippen LogP contribution in [-0.2, 0) is 6.18 Å². The van der Waals surface area contributed by atoms with E-state index >= 15 is 0 Å². The molecule has 0 bridgehead atoms. The van der Waals surface area contributed by atoms with E-state index in [4.69, 9.17) is 11.1 Å². The summed E-state index contributed by atoms with van der Waals surface area (Å²) < 4.78 is 91.3. The lowest BCUT2D eigenvalue weighted by atomic mass is 10.1. The zero-order valence-electron chi connectivity index (χ0n) is 10.1. The molecule has 118 valence electrons. The van der Waals surface area contributed by atoms with Crippen LogP contribution < -0.4 is 10.5 Å². The first-order valence-electron chi connectivity index (χ1n) is 5.29. The van der Waals surface area contributed by atoms with Gasteiger partial charge >= 0.3 is 18.5 Å². The molecule has 1 rings (SSSR count). The minimum Gasteiger partial charge on any atom is -0.487 e. The van der Waals surface area contributed by atoms with Gasteiger partial charge in [0.05, 0.1) is 5.56 Å². The van der Waals surface area contributed by atoms with Gasteiger partial charge < -0.3 is 10.5 Å². The highest BCUT2D eigenvalue weighted by Crippen LogP contribution is 2.34. The number of ether oxygens (including phenoxy) is 1. The smallest absolute Gasteiger partial charge is 0.417 e. The zero-order chi connectivity index (χ0) is 16.4. The van der Waals surface area contributed by atoms with E-state index in [1.807, 2.05) is 0 Å². The Labute approximate surface area is 114 Å². The monoisotopic (exact) mass is 318 g/mol. The third kappa shape index (κ3) is 4.23. The molecule has 0 spiro atoms. The molecule has 0 atom stereocenters. The number of hydrogen-bond acceptors (Lipinski definition) is 2. The van der Waals surface area contributed by atoms with E-state index in [2.05, 4.69) is 4.74 Å². The zero-order valence-corrected chi connectivity index (χ0v) is 10.1. The van der Waals surface area contributed by atoms with Gasteiger partial charge in [-0.2, -0.15) is 22.0 Å². The highest BCUT2D eigenvalue weighted by Gasteiger charge is 2.42. The molecule has 21 heavy (non-hydrogen) atoms. The highest BCUT2D eigenvalue weighted by molar-refractivity contribution is 5.97. The molecule has 3 N–H and O–H groups in total. The predicted octanol–water partition coefficient (Wildman–Crippen LogP) is 3.27. The summed E-state index contributed by atoms with van der Waals surface area (Å²) in [5.74, 6) is -5.94. The number of nitrogens with one attached hydrogen (secondary N) is 1. The van der Waals surface area contributed by atoms with Gasteiger partial charge in [-0.15, -0.1) is 0 Å². The molecule has 1 aromatic rings. The second-order valence-electron chi connectivity index (χ2n) is 3.97. The molecule has 0 aromatic heterocycles. The SMILES string of the molecule is N=C(N)c1cc(OCC(F)(F)C(F)F)ccc1C(F)(F)F. The lowest BCUT2D eigenvalue weighted by Gasteiger charge is -2.17. The quantitative estimate of drug-likeness (QED) is 0.497.